The first kappa shape index (κ1) is 15.4. The smallest absolute Gasteiger partial charge is 0.255 e. The normalized spacial score (nSPS) is 11.2. The van der Waals surface area contributed by atoms with Gasteiger partial charge in [0.15, 0.2) is 0 Å². The molecule has 2 aromatic rings. The fourth-order valence-electron chi connectivity index (χ4n) is 1.52. The minimum absolute atomic E-state index is 0.266. The quantitative estimate of drug-likeness (QED) is 0.889. The first-order valence-corrected chi connectivity index (χ1v) is 6.72. The van der Waals surface area contributed by atoms with Gasteiger partial charge in [-0.3, -0.25) is 4.79 Å². The number of halogens is 1. The fraction of sp³-hybridized carbons (Fsp3) is 0.267. The molecule has 0 fully saturated rings. The monoisotopic (exact) mass is 309 g/mol. The molecule has 1 heterocycles. The summed E-state index contributed by atoms with van der Waals surface area (Å²) in [5.41, 5.74) is -0.974. The molecule has 0 unspecified atom stereocenters. The summed E-state index contributed by atoms with van der Waals surface area (Å²) in [6.07, 6.45) is 1.57. The van der Waals surface area contributed by atoms with Gasteiger partial charge in [-0.25, -0.2) is 0 Å². The third-order valence-corrected chi connectivity index (χ3v) is 2.99. The van der Waals surface area contributed by atoms with Crippen molar-refractivity contribution in [2.24, 2.45) is 0 Å². The van der Waals surface area contributed by atoms with Gasteiger partial charge in [0, 0.05) is 5.69 Å². The number of furan rings is 1. The standard InChI is InChI=1S/C15H16ClNO4/c1-15(2,19)14(18)17-10-5-6-13(12(16)8-10)21-9-11-4-3-7-20-11/h3-8,19H,9H2,1-2H3,(H,17,18). The molecule has 0 bridgehead atoms. The van der Waals surface area contributed by atoms with Crippen LogP contribution in [0.25, 0.3) is 0 Å². The zero-order valence-corrected chi connectivity index (χ0v) is 12.5. The number of carbonyl (C=O) groups is 1. The average molecular weight is 310 g/mol. The lowest BCUT2D eigenvalue weighted by Gasteiger charge is -2.17. The number of anilines is 1. The van der Waals surface area contributed by atoms with Crippen molar-refractivity contribution < 1.29 is 19.1 Å². The molecule has 2 rings (SSSR count). The predicted octanol–water partition coefficient (Wildman–Crippen LogP) is 3.22. The van der Waals surface area contributed by atoms with Gasteiger partial charge >= 0.3 is 0 Å². The second kappa shape index (κ2) is 6.20. The van der Waals surface area contributed by atoms with Crippen molar-refractivity contribution in [2.75, 3.05) is 5.32 Å². The van der Waals surface area contributed by atoms with Gasteiger partial charge in [0.05, 0.1) is 11.3 Å². The number of rotatable bonds is 5. The third kappa shape index (κ3) is 4.24. The van der Waals surface area contributed by atoms with Crippen LogP contribution in [0.1, 0.15) is 19.6 Å². The number of amides is 1. The number of benzene rings is 1. The topological polar surface area (TPSA) is 71.7 Å². The summed E-state index contributed by atoms with van der Waals surface area (Å²) in [5, 5.41) is 12.5. The van der Waals surface area contributed by atoms with Crippen molar-refractivity contribution in [3.05, 3.63) is 47.4 Å². The van der Waals surface area contributed by atoms with E-state index >= 15 is 0 Å². The summed E-state index contributed by atoms with van der Waals surface area (Å²) >= 11 is 6.10. The van der Waals surface area contributed by atoms with E-state index in [0.717, 1.165) is 0 Å². The van der Waals surface area contributed by atoms with Crippen LogP contribution in [0, 0.1) is 0 Å². The van der Waals surface area contributed by atoms with Gasteiger partial charge in [0.1, 0.15) is 23.7 Å². The lowest BCUT2D eigenvalue weighted by molar-refractivity contribution is -0.130. The Bertz CT molecular complexity index is 617. The molecule has 0 aliphatic carbocycles. The van der Waals surface area contributed by atoms with Gasteiger partial charge in [0.25, 0.3) is 5.91 Å². The van der Waals surface area contributed by atoms with Crippen LogP contribution in [0.5, 0.6) is 5.75 Å². The highest BCUT2D eigenvalue weighted by atomic mass is 35.5. The Labute approximate surface area is 127 Å². The van der Waals surface area contributed by atoms with Crippen LogP contribution in [-0.2, 0) is 11.4 Å². The van der Waals surface area contributed by atoms with Gasteiger partial charge in [0.2, 0.25) is 0 Å². The van der Waals surface area contributed by atoms with Crippen LogP contribution in [0.3, 0.4) is 0 Å². The molecule has 1 amide bonds. The molecule has 0 aliphatic rings. The second-order valence-electron chi connectivity index (χ2n) is 5.03. The Morgan fingerprint density at radius 3 is 2.76 bits per heavy atom. The van der Waals surface area contributed by atoms with Crippen molar-refractivity contribution in [1.29, 1.82) is 0 Å². The van der Waals surface area contributed by atoms with Crippen molar-refractivity contribution >= 4 is 23.2 Å². The molecule has 0 saturated heterocycles. The Morgan fingerprint density at radius 2 is 2.19 bits per heavy atom. The fourth-order valence-corrected chi connectivity index (χ4v) is 1.76. The summed E-state index contributed by atoms with van der Waals surface area (Å²) in [5.74, 6) is 0.655. The van der Waals surface area contributed by atoms with Gasteiger partial charge in [-0.05, 0) is 44.2 Å². The third-order valence-electron chi connectivity index (χ3n) is 2.70. The molecule has 1 aromatic carbocycles. The van der Waals surface area contributed by atoms with Crippen molar-refractivity contribution in [1.82, 2.24) is 0 Å². The van der Waals surface area contributed by atoms with Crippen LogP contribution in [0.4, 0.5) is 5.69 Å². The van der Waals surface area contributed by atoms with Gasteiger partial charge < -0.3 is 19.6 Å². The summed E-state index contributed by atoms with van der Waals surface area (Å²) in [7, 11) is 0. The largest absolute Gasteiger partial charge is 0.484 e. The van der Waals surface area contributed by atoms with E-state index in [-0.39, 0.29) is 6.61 Å². The lowest BCUT2D eigenvalue weighted by Crippen LogP contribution is -2.36. The van der Waals surface area contributed by atoms with Gasteiger partial charge in [-0.15, -0.1) is 0 Å². The molecule has 21 heavy (non-hydrogen) atoms. The summed E-state index contributed by atoms with van der Waals surface area (Å²) in [6, 6.07) is 8.42. The molecule has 5 nitrogen and oxygen atoms in total. The summed E-state index contributed by atoms with van der Waals surface area (Å²) in [4.78, 5) is 11.7. The minimum Gasteiger partial charge on any atom is -0.484 e. The molecule has 112 valence electrons. The molecule has 0 spiro atoms. The van der Waals surface area contributed by atoms with Crippen LogP contribution >= 0.6 is 11.6 Å². The number of nitrogens with one attached hydrogen (secondary N) is 1. The Balaban J connectivity index is 2.02. The average Bonchev–Trinajstić information content (AvgIpc) is 2.89. The Kier molecular flexibility index (Phi) is 4.55. The van der Waals surface area contributed by atoms with Gasteiger partial charge in [-0.1, -0.05) is 11.6 Å². The molecular formula is C15H16ClNO4. The van der Waals surface area contributed by atoms with Gasteiger partial charge in [-0.2, -0.15) is 0 Å². The molecule has 1 aromatic heterocycles. The van der Waals surface area contributed by atoms with Crippen LogP contribution in [0.2, 0.25) is 5.02 Å². The highest BCUT2D eigenvalue weighted by molar-refractivity contribution is 6.32. The second-order valence-corrected chi connectivity index (χ2v) is 5.43. The molecule has 0 aliphatic heterocycles. The molecule has 0 saturated carbocycles. The van der Waals surface area contributed by atoms with Crippen molar-refractivity contribution in [3.63, 3.8) is 0 Å². The zero-order chi connectivity index (χ0) is 15.5. The minimum atomic E-state index is -1.46. The first-order chi connectivity index (χ1) is 9.86. The molecule has 0 atom stereocenters. The zero-order valence-electron chi connectivity index (χ0n) is 11.7. The van der Waals surface area contributed by atoms with E-state index in [9.17, 15) is 9.90 Å². The molecular weight excluding hydrogens is 294 g/mol. The summed E-state index contributed by atoms with van der Waals surface area (Å²) < 4.78 is 10.7. The Morgan fingerprint density at radius 1 is 1.43 bits per heavy atom. The van der Waals surface area contributed by atoms with Crippen LogP contribution < -0.4 is 10.1 Å². The van der Waals surface area contributed by atoms with E-state index in [2.05, 4.69) is 5.32 Å². The highest BCUT2D eigenvalue weighted by Gasteiger charge is 2.23. The summed E-state index contributed by atoms with van der Waals surface area (Å²) in [6.45, 7) is 3.08. The maximum atomic E-state index is 11.7. The van der Waals surface area contributed by atoms with E-state index in [4.69, 9.17) is 20.8 Å². The van der Waals surface area contributed by atoms with E-state index in [1.54, 1.807) is 36.6 Å². The van der Waals surface area contributed by atoms with Crippen LogP contribution in [-0.4, -0.2) is 16.6 Å². The first-order valence-electron chi connectivity index (χ1n) is 6.35. The van der Waals surface area contributed by atoms with E-state index in [1.165, 1.54) is 13.8 Å². The predicted molar refractivity (Wildman–Crippen MR) is 79.4 cm³/mol. The number of hydrogen-bond acceptors (Lipinski definition) is 4. The molecule has 2 N–H and O–H groups in total. The molecule has 6 heteroatoms. The maximum Gasteiger partial charge on any atom is 0.255 e. The maximum absolute atomic E-state index is 11.7. The van der Waals surface area contributed by atoms with E-state index < -0.39 is 11.5 Å². The SMILES string of the molecule is CC(C)(O)C(=O)Nc1ccc(OCc2ccco2)c(Cl)c1. The number of aliphatic hydroxyl groups is 1. The number of carbonyl (C=O) groups excluding carboxylic acids is 1. The van der Waals surface area contributed by atoms with E-state index in [0.29, 0.717) is 22.2 Å². The van der Waals surface area contributed by atoms with Crippen LogP contribution in [0.15, 0.2) is 41.0 Å². The highest BCUT2D eigenvalue weighted by Crippen LogP contribution is 2.28. The number of ether oxygens (including phenoxy) is 1. The Hall–Kier alpha value is -1.98. The molecule has 0 radical (unpaired) electrons. The lowest BCUT2D eigenvalue weighted by atomic mass is 10.1. The number of hydrogen-bond donors (Lipinski definition) is 2. The van der Waals surface area contributed by atoms with Crippen molar-refractivity contribution in [2.45, 2.75) is 26.1 Å². The van der Waals surface area contributed by atoms with E-state index in [1.807, 2.05) is 0 Å². The van der Waals surface area contributed by atoms with Crippen molar-refractivity contribution in [3.8, 4) is 5.75 Å².